The zero-order valence-corrected chi connectivity index (χ0v) is 16.2. The van der Waals surface area contributed by atoms with Crippen LogP contribution >= 0.6 is 11.3 Å². The molecule has 1 heterocycles. The van der Waals surface area contributed by atoms with Crippen molar-refractivity contribution in [3.63, 3.8) is 0 Å². The summed E-state index contributed by atoms with van der Waals surface area (Å²) < 4.78 is 22.8. The lowest BCUT2D eigenvalue weighted by atomic mass is 9.80. The average Bonchev–Trinajstić information content (AvgIpc) is 3.01. The molecule has 0 atom stereocenters. The molecule has 1 aromatic rings. The quantitative estimate of drug-likeness (QED) is 0.546. The molecule has 1 aliphatic rings. The maximum absolute atomic E-state index is 11.3. The zero-order chi connectivity index (χ0) is 17.7. The Labute approximate surface area is 149 Å². The fourth-order valence-electron chi connectivity index (χ4n) is 3.10. The van der Waals surface area contributed by atoms with Crippen LogP contribution in [0.15, 0.2) is 21.3 Å². The Bertz CT molecular complexity index is 659. The normalized spacial score (nSPS) is 22.6. The number of nitrogens with one attached hydrogen (secondary N) is 2. The van der Waals surface area contributed by atoms with Gasteiger partial charge in [0.1, 0.15) is 4.21 Å². The maximum atomic E-state index is 11.3. The SMILES string of the molecule is CN=C(NCc1ccc(S(N)(=O)=O)s1)NC1CCC(C(C)C)CC1. The number of aliphatic imine (C=N–C) groups is 1. The second kappa shape index (κ2) is 8.31. The molecule has 1 aromatic heterocycles. The Kier molecular flexibility index (Phi) is 6.65. The lowest BCUT2D eigenvalue weighted by molar-refractivity contribution is 0.250. The molecule has 1 fully saturated rings. The minimum absolute atomic E-state index is 0.189. The van der Waals surface area contributed by atoms with Crippen LogP contribution in [0.25, 0.3) is 0 Å². The number of primary sulfonamides is 1. The van der Waals surface area contributed by atoms with E-state index in [-0.39, 0.29) is 4.21 Å². The molecule has 24 heavy (non-hydrogen) atoms. The van der Waals surface area contributed by atoms with E-state index < -0.39 is 10.0 Å². The van der Waals surface area contributed by atoms with Crippen LogP contribution in [0.3, 0.4) is 0 Å². The minimum atomic E-state index is -3.62. The third-order valence-electron chi connectivity index (χ3n) is 4.63. The van der Waals surface area contributed by atoms with Crippen LogP contribution in [0, 0.1) is 11.8 Å². The fourth-order valence-corrected chi connectivity index (χ4v) is 4.81. The average molecular weight is 373 g/mol. The molecule has 136 valence electrons. The monoisotopic (exact) mass is 372 g/mol. The van der Waals surface area contributed by atoms with Gasteiger partial charge in [-0.1, -0.05) is 13.8 Å². The van der Waals surface area contributed by atoms with Gasteiger partial charge in [0.15, 0.2) is 5.96 Å². The van der Waals surface area contributed by atoms with Crippen molar-refractivity contribution in [1.82, 2.24) is 10.6 Å². The highest BCUT2D eigenvalue weighted by molar-refractivity contribution is 7.91. The minimum Gasteiger partial charge on any atom is -0.354 e. The van der Waals surface area contributed by atoms with Crippen LogP contribution in [-0.2, 0) is 16.6 Å². The first-order valence-electron chi connectivity index (χ1n) is 8.38. The second-order valence-electron chi connectivity index (χ2n) is 6.69. The number of thiophene rings is 1. The molecule has 0 aliphatic heterocycles. The molecule has 1 saturated carbocycles. The van der Waals surface area contributed by atoms with Crippen molar-refractivity contribution in [3.05, 3.63) is 17.0 Å². The van der Waals surface area contributed by atoms with Crippen molar-refractivity contribution in [2.45, 2.75) is 56.3 Å². The van der Waals surface area contributed by atoms with Gasteiger partial charge in [0.25, 0.3) is 0 Å². The van der Waals surface area contributed by atoms with E-state index in [0.29, 0.717) is 12.6 Å². The van der Waals surface area contributed by atoms with Crippen molar-refractivity contribution >= 4 is 27.3 Å². The fraction of sp³-hybridized carbons (Fsp3) is 0.688. The molecule has 0 radical (unpaired) electrons. The molecule has 1 aliphatic carbocycles. The van der Waals surface area contributed by atoms with Gasteiger partial charge in [-0.25, -0.2) is 13.6 Å². The Balaban J connectivity index is 1.82. The first kappa shape index (κ1) is 19.2. The van der Waals surface area contributed by atoms with Crippen LogP contribution < -0.4 is 15.8 Å². The summed E-state index contributed by atoms with van der Waals surface area (Å²) in [5.41, 5.74) is 0. The molecule has 0 aromatic carbocycles. The van der Waals surface area contributed by atoms with Crippen LogP contribution in [-0.4, -0.2) is 27.5 Å². The number of hydrogen-bond donors (Lipinski definition) is 3. The topological polar surface area (TPSA) is 96.6 Å². The number of guanidine groups is 1. The second-order valence-corrected chi connectivity index (χ2v) is 9.65. The predicted octanol–water partition coefficient (Wildman–Crippen LogP) is 2.28. The summed E-state index contributed by atoms with van der Waals surface area (Å²) in [5.74, 6) is 2.35. The van der Waals surface area contributed by atoms with Gasteiger partial charge >= 0.3 is 0 Å². The predicted molar refractivity (Wildman–Crippen MR) is 99.6 cm³/mol. The van der Waals surface area contributed by atoms with Crippen molar-refractivity contribution in [3.8, 4) is 0 Å². The maximum Gasteiger partial charge on any atom is 0.247 e. The summed E-state index contributed by atoms with van der Waals surface area (Å²) in [6, 6.07) is 3.77. The highest BCUT2D eigenvalue weighted by Gasteiger charge is 2.23. The van der Waals surface area contributed by atoms with E-state index in [1.165, 1.54) is 24.2 Å². The molecule has 0 saturated heterocycles. The molecule has 2 rings (SSSR count). The van der Waals surface area contributed by atoms with Crippen molar-refractivity contribution in [2.24, 2.45) is 22.0 Å². The summed E-state index contributed by atoms with van der Waals surface area (Å²) in [4.78, 5) is 5.17. The highest BCUT2D eigenvalue weighted by atomic mass is 32.2. The molecule has 8 heteroatoms. The van der Waals surface area contributed by atoms with Gasteiger partial charge in [-0.15, -0.1) is 11.3 Å². The molecular formula is C16H28N4O2S2. The van der Waals surface area contributed by atoms with Gasteiger partial charge < -0.3 is 10.6 Å². The van der Waals surface area contributed by atoms with Crippen LogP contribution in [0.1, 0.15) is 44.4 Å². The molecule has 6 nitrogen and oxygen atoms in total. The highest BCUT2D eigenvalue weighted by Crippen LogP contribution is 2.29. The Morgan fingerprint density at radius 2 is 2.00 bits per heavy atom. The number of hydrogen-bond acceptors (Lipinski definition) is 4. The third kappa shape index (κ3) is 5.46. The Morgan fingerprint density at radius 3 is 2.50 bits per heavy atom. The molecule has 0 unspecified atom stereocenters. The van der Waals surface area contributed by atoms with E-state index in [4.69, 9.17) is 5.14 Å². The molecular weight excluding hydrogens is 344 g/mol. The Hall–Kier alpha value is -1.12. The summed E-state index contributed by atoms with van der Waals surface area (Å²) in [5, 5.41) is 11.9. The summed E-state index contributed by atoms with van der Waals surface area (Å²) in [6.07, 6.45) is 4.85. The number of nitrogens with zero attached hydrogens (tertiary/aromatic N) is 1. The van der Waals surface area contributed by atoms with Gasteiger partial charge in [-0.2, -0.15) is 0 Å². The van der Waals surface area contributed by atoms with Crippen LogP contribution in [0.5, 0.6) is 0 Å². The van der Waals surface area contributed by atoms with E-state index in [1.54, 1.807) is 19.2 Å². The lowest BCUT2D eigenvalue weighted by Gasteiger charge is -2.32. The smallest absolute Gasteiger partial charge is 0.247 e. The van der Waals surface area contributed by atoms with E-state index >= 15 is 0 Å². The molecule has 4 N–H and O–H groups in total. The van der Waals surface area contributed by atoms with Crippen molar-refractivity contribution < 1.29 is 8.42 Å². The largest absolute Gasteiger partial charge is 0.354 e. The molecule has 0 bridgehead atoms. The van der Waals surface area contributed by atoms with E-state index in [0.717, 1.165) is 35.5 Å². The van der Waals surface area contributed by atoms with Crippen LogP contribution in [0.4, 0.5) is 0 Å². The first-order chi connectivity index (χ1) is 11.3. The van der Waals surface area contributed by atoms with E-state index in [9.17, 15) is 8.42 Å². The van der Waals surface area contributed by atoms with Gasteiger partial charge in [0, 0.05) is 18.0 Å². The van der Waals surface area contributed by atoms with E-state index in [2.05, 4.69) is 29.5 Å². The summed E-state index contributed by atoms with van der Waals surface area (Å²) in [7, 11) is -1.87. The molecule has 0 amide bonds. The van der Waals surface area contributed by atoms with Crippen LogP contribution in [0.2, 0.25) is 0 Å². The molecule has 0 spiro atoms. The van der Waals surface area contributed by atoms with Gasteiger partial charge in [-0.3, -0.25) is 4.99 Å². The standard InChI is InChI=1S/C16H28N4O2S2/c1-11(2)12-4-6-13(7-5-12)20-16(18-3)19-10-14-8-9-15(23-14)24(17,21)22/h8-9,11-13H,4-7,10H2,1-3H3,(H2,17,21,22)(H2,18,19,20). The first-order valence-corrected chi connectivity index (χ1v) is 10.7. The number of nitrogens with two attached hydrogens (primary N) is 1. The number of rotatable bonds is 5. The van der Waals surface area contributed by atoms with E-state index in [1.807, 2.05) is 0 Å². The zero-order valence-electron chi connectivity index (χ0n) is 14.6. The van der Waals surface area contributed by atoms with Gasteiger partial charge in [0.05, 0.1) is 6.54 Å². The van der Waals surface area contributed by atoms with Gasteiger partial charge in [-0.05, 0) is 49.7 Å². The summed E-state index contributed by atoms with van der Waals surface area (Å²) in [6.45, 7) is 5.13. The number of sulfonamides is 1. The summed E-state index contributed by atoms with van der Waals surface area (Å²) >= 11 is 1.18. The lowest BCUT2D eigenvalue weighted by Crippen LogP contribution is -2.44. The Morgan fingerprint density at radius 1 is 1.33 bits per heavy atom. The van der Waals surface area contributed by atoms with Crippen molar-refractivity contribution in [2.75, 3.05) is 7.05 Å². The van der Waals surface area contributed by atoms with Crippen molar-refractivity contribution in [1.29, 1.82) is 0 Å². The van der Waals surface area contributed by atoms with Gasteiger partial charge in [0.2, 0.25) is 10.0 Å². The third-order valence-corrected chi connectivity index (χ3v) is 7.15.